The molecule has 2 heterocycles. The van der Waals surface area contributed by atoms with Gasteiger partial charge in [0.15, 0.2) is 5.82 Å². The fraction of sp³-hybridized carbons (Fsp3) is 0.105. The molecule has 0 aliphatic carbocycles. The summed E-state index contributed by atoms with van der Waals surface area (Å²) in [6, 6.07) is 11.0. The van der Waals surface area contributed by atoms with Crippen LogP contribution >= 0.6 is 11.3 Å². The average Bonchev–Trinajstić information content (AvgIpc) is 3.40. The molecule has 29 heavy (non-hydrogen) atoms. The highest BCUT2D eigenvalue weighted by Crippen LogP contribution is 2.21. The smallest absolute Gasteiger partial charge is 0.255 e. The van der Waals surface area contributed by atoms with Crippen molar-refractivity contribution in [1.82, 2.24) is 25.2 Å². The molecule has 1 N–H and O–H groups in total. The number of carbonyl (C=O) groups is 1. The summed E-state index contributed by atoms with van der Waals surface area (Å²) >= 11 is 1.49. The SMILES string of the molecule is Cc1nnnn1-c1cc(NC(=O)c2cccc(OCc3cscn3)c2)ccc1F. The zero-order valence-corrected chi connectivity index (χ0v) is 16.1. The summed E-state index contributed by atoms with van der Waals surface area (Å²) in [5.41, 5.74) is 3.52. The van der Waals surface area contributed by atoms with E-state index in [4.69, 9.17) is 4.74 Å². The maximum Gasteiger partial charge on any atom is 0.255 e. The Morgan fingerprint density at radius 2 is 2.17 bits per heavy atom. The number of benzene rings is 2. The van der Waals surface area contributed by atoms with Crippen molar-refractivity contribution in [2.45, 2.75) is 13.5 Å². The van der Waals surface area contributed by atoms with Gasteiger partial charge in [-0.1, -0.05) is 6.07 Å². The molecule has 2 aromatic carbocycles. The van der Waals surface area contributed by atoms with E-state index in [9.17, 15) is 9.18 Å². The van der Waals surface area contributed by atoms with Crippen molar-refractivity contribution in [1.29, 1.82) is 0 Å². The van der Waals surface area contributed by atoms with Crippen LogP contribution in [-0.4, -0.2) is 31.1 Å². The zero-order chi connectivity index (χ0) is 20.2. The van der Waals surface area contributed by atoms with Gasteiger partial charge in [-0.05, 0) is 53.7 Å². The Balaban J connectivity index is 1.49. The van der Waals surface area contributed by atoms with Crippen LogP contribution in [0.5, 0.6) is 5.75 Å². The number of halogens is 1. The Morgan fingerprint density at radius 3 is 2.93 bits per heavy atom. The van der Waals surface area contributed by atoms with Gasteiger partial charge in [-0.25, -0.2) is 9.37 Å². The maximum atomic E-state index is 14.2. The van der Waals surface area contributed by atoms with Gasteiger partial charge in [0.2, 0.25) is 0 Å². The van der Waals surface area contributed by atoms with Crippen LogP contribution in [0.25, 0.3) is 5.69 Å². The Hall–Kier alpha value is -3.66. The van der Waals surface area contributed by atoms with Gasteiger partial charge >= 0.3 is 0 Å². The van der Waals surface area contributed by atoms with E-state index < -0.39 is 5.82 Å². The number of aryl methyl sites for hydroxylation is 1. The van der Waals surface area contributed by atoms with Crippen molar-refractivity contribution in [3.05, 3.63) is 76.3 Å². The van der Waals surface area contributed by atoms with Gasteiger partial charge < -0.3 is 10.1 Å². The molecule has 4 rings (SSSR count). The first-order valence-corrected chi connectivity index (χ1v) is 9.50. The minimum atomic E-state index is -0.504. The number of anilines is 1. The van der Waals surface area contributed by atoms with Gasteiger partial charge in [0.25, 0.3) is 5.91 Å². The van der Waals surface area contributed by atoms with Crippen LogP contribution in [0.2, 0.25) is 0 Å². The highest BCUT2D eigenvalue weighted by atomic mass is 32.1. The van der Waals surface area contributed by atoms with E-state index in [1.54, 1.807) is 36.7 Å². The predicted molar refractivity (Wildman–Crippen MR) is 105 cm³/mol. The molecule has 0 unspecified atom stereocenters. The van der Waals surface area contributed by atoms with E-state index in [0.717, 1.165) is 5.69 Å². The Kier molecular flexibility index (Phi) is 5.25. The molecule has 1 amide bonds. The molecular weight excluding hydrogens is 395 g/mol. The van der Waals surface area contributed by atoms with E-state index in [1.165, 1.54) is 34.2 Å². The first-order valence-electron chi connectivity index (χ1n) is 8.56. The van der Waals surface area contributed by atoms with Gasteiger partial charge in [-0.3, -0.25) is 4.79 Å². The van der Waals surface area contributed by atoms with Crippen LogP contribution < -0.4 is 10.1 Å². The summed E-state index contributed by atoms with van der Waals surface area (Å²) in [6.45, 7) is 1.98. The Morgan fingerprint density at radius 1 is 1.28 bits per heavy atom. The molecule has 0 fully saturated rings. The van der Waals surface area contributed by atoms with Crippen LogP contribution in [0, 0.1) is 12.7 Å². The van der Waals surface area contributed by atoms with E-state index in [0.29, 0.717) is 29.4 Å². The predicted octanol–water partition coefficient (Wildman–Crippen LogP) is 3.40. The molecule has 10 heteroatoms. The number of tetrazole rings is 1. The molecule has 0 aliphatic heterocycles. The van der Waals surface area contributed by atoms with Crippen LogP contribution in [-0.2, 0) is 6.61 Å². The van der Waals surface area contributed by atoms with Crippen LogP contribution in [0.4, 0.5) is 10.1 Å². The first kappa shape index (κ1) is 18.7. The van der Waals surface area contributed by atoms with Crippen LogP contribution in [0.1, 0.15) is 21.9 Å². The standard InChI is InChI=1S/C19H15FN6O2S/c1-12-23-24-25-26(12)18-8-14(5-6-17(18)20)22-19(27)13-3-2-4-16(7-13)28-9-15-10-29-11-21-15/h2-8,10-11H,9H2,1H3,(H,22,27). The number of thiazole rings is 1. The number of hydrogen-bond acceptors (Lipinski definition) is 7. The van der Waals surface area contributed by atoms with Crippen LogP contribution in [0.3, 0.4) is 0 Å². The fourth-order valence-corrected chi connectivity index (χ4v) is 3.15. The molecule has 0 saturated heterocycles. The number of nitrogens with one attached hydrogen (secondary N) is 1. The van der Waals surface area contributed by atoms with Crippen molar-refractivity contribution < 1.29 is 13.9 Å². The maximum absolute atomic E-state index is 14.2. The van der Waals surface area contributed by atoms with Gasteiger partial charge in [0, 0.05) is 16.6 Å². The second-order valence-corrected chi connectivity index (χ2v) is 6.77. The lowest BCUT2D eigenvalue weighted by Crippen LogP contribution is -2.13. The zero-order valence-electron chi connectivity index (χ0n) is 15.2. The summed E-state index contributed by atoms with van der Waals surface area (Å²) in [7, 11) is 0. The lowest BCUT2D eigenvalue weighted by molar-refractivity contribution is 0.102. The van der Waals surface area contributed by atoms with Gasteiger partial charge in [-0.2, -0.15) is 4.68 Å². The number of rotatable bonds is 6. The summed E-state index contributed by atoms with van der Waals surface area (Å²) in [5.74, 6) is 0.123. The average molecular weight is 410 g/mol. The number of nitrogens with zero attached hydrogens (tertiary/aromatic N) is 5. The van der Waals surface area contributed by atoms with E-state index >= 15 is 0 Å². The monoisotopic (exact) mass is 410 g/mol. The van der Waals surface area contributed by atoms with E-state index in [2.05, 4.69) is 25.8 Å². The molecule has 0 saturated carbocycles. The number of ether oxygens (including phenoxy) is 1. The van der Waals surface area contributed by atoms with Gasteiger partial charge in [0.1, 0.15) is 23.9 Å². The molecule has 8 nitrogen and oxygen atoms in total. The van der Waals surface area contributed by atoms with E-state index in [1.807, 2.05) is 5.38 Å². The summed E-state index contributed by atoms with van der Waals surface area (Å²) in [4.78, 5) is 16.8. The fourth-order valence-electron chi connectivity index (χ4n) is 2.60. The van der Waals surface area contributed by atoms with Crippen molar-refractivity contribution in [2.24, 2.45) is 0 Å². The molecule has 146 valence electrons. The summed E-state index contributed by atoms with van der Waals surface area (Å²) < 4.78 is 21.1. The molecular formula is C19H15FN6O2S. The molecule has 0 radical (unpaired) electrons. The number of aromatic nitrogens is 5. The largest absolute Gasteiger partial charge is 0.487 e. The molecule has 2 aromatic heterocycles. The molecule has 0 atom stereocenters. The quantitative estimate of drug-likeness (QED) is 0.524. The van der Waals surface area contributed by atoms with Crippen LogP contribution in [0.15, 0.2) is 53.4 Å². The van der Waals surface area contributed by atoms with Crippen molar-refractivity contribution in [3.63, 3.8) is 0 Å². The van der Waals surface area contributed by atoms with Crippen molar-refractivity contribution in [3.8, 4) is 11.4 Å². The van der Waals surface area contributed by atoms with Gasteiger partial charge in [-0.15, -0.1) is 16.4 Å². The van der Waals surface area contributed by atoms with E-state index in [-0.39, 0.29) is 11.6 Å². The Labute approximate surface area is 169 Å². The molecule has 0 spiro atoms. The lowest BCUT2D eigenvalue weighted by atomic mass is 10.2. The molecule has 0 bridgehead atoms. The van der Waals surface area contributed by atoms with Gasteiger partial charge in [0.05, 0.1) is 11.2 Å². The Bertz CT molecular complexity index is 1150. The minimum absolute atomic E-state index is 0.144. The first-order chi connectivity index (χ1) is 14.1. The topological polar surface area (TPSA) is 94.8 Å². The third kappa shape index (κ3) is 4.27. The highest BCUT2D eigenvalue weighted by Gasteiger charge is 2.13. The third-order valence-corrected chi connectivity index (χ3v) is 4.66. The lowest BCUT2D eigenvalue weighted by Gasteiger charge is -2.10. The molecule has 4 aromatic rings. The van der Waals surface area contributed by atoms with Crippen molar-refractivity contribution >= 4 is 22.9 Å². The third-order valence-electron chi connectivity index (χ3n) is 4.02. The second-order valence-electron chi connectivity index (χ2n) is 6.05. The second kappa shape index (κ2) is 8.15. The normalized spacial score (nSPS) is 10.7. The molecule has 0 aliphatic rings. The van der Waals surface area contributed by atoms with Crippen molar-refractivity contribution in [2.75, 3.05) is 5.32 Å². The minimum Gasteiger partial charge on any atom is -0.487 e. The number of hydrogen-bond donors (Lipinski definition) is 1. The number of amides is 1. The summed E-state index contributed by atoms with van der Waals surface area (Å²) in [5, 5.41) is 15.7. The highest BCUT2D eigenvalue weighted by molar-refractivity contribution is 7.07. The summed E-state index contributed by atoms with van der Waals surface area (Å²) in [6.07, 6.45) is 0. The number of carbonyl (C=O) groups excluding carboxylic acids is 1.